The molecule has 1 radical (unpaired) electrons. The van der Waals surface area contributed by atoms with E-state index in [1.807, 2.05) is 71.9 Å². The van der Waals surface area contributed by atoms with Gasteiger partial charge in [-0.05, 0) is 6.92 Å². The molecule has 0 heterocycles. The Balaban J connectivity index is -0.0000000585. The van der Waals surface area contributed by atoms with Crippen LogP contribution in [-0.2, 0) is 42.2 Å². The molecule has 121 valence electrons. The molecule has 3 heteroatoms. The SMILES string of the molecule is C=C(C)OC(=O)[CH-]C.CC.CC.CC.[Y].[c-]1ccccc1. The molecule has 0 amide bonds. The molecule has 0 aromatic heterocycles. The van der Waals surface area contributed by atoms with Gasteiger partial charge in [-0.2, -0.15) is 43.3 Å². The van der Waals surface area contributed by atoms with Gasteiger partial charge in [0, 0.05) is 32.7 Å². The van der Waals surface area contributed by atoms with Crippen LogP contribution in [0.15, 0.2) is 42.7 Å². The summed E-state index contributed by atoms with van der Waals surface area (Å²) in [6.45, 7) is 18.6. The van der Waals surface area contributed by atoms with E-state index in [1.165, 1.54) is 6.42 Å². The Morgan fingerprint density at radius 1 is 1.00 bits per heavy atom. The quantitative estimate of drug-likeness (QED) is 0.371. The second-order valence-electron chi connectivity index (χ2n) is 2.49. The van der Waals surface area contributed by atoms with Crippen LogP contribution in [0.2, 0.25) is 0 Å². The van der Waals surface area contributed by atoms with E-state index in [0.717, 1.165) is 0 Å². The minimum atomic E-state index is -0.350. The summed E-state index contributed by atoms with van der Waals surface area (Å²) in [7, 11) is 0. The van der Waals surface area contributed by atoms with Crippen molar-refractivity contribution in [2.24, 2.45) is 0 Å². The first-order valence-electron chi connectivity index (χ1n) is 7.24. The molecule has 0 saturated carbocycles. The van der Waals surface area contributed by atoms with Gasteiger partial charge in [0.2, 0.25) is 0 Å². The van der Waals surface area contributed by atoms with E-state index in [4.69, 9.17) is 0 Å². The molecule has 0 atom stereocenters. The van der Waals surface area contributed by atoms with Crippen LogP contribution in [0.25, 0.3) is 0 Å². The largest absolute Gasteiger partial charge is 0.457 e. The molecule has 0 aliphatic carbocycles. The van der Waals surface area contributed by atoms with Gasteiger partial charge in [0.15, 0.2) is 5.97 Å². The molecule has 1 aromatic rings. The first kappa shape index (κ1) is 32.4. The fourth-order valence-electron chi connectivity index (χ4n) is 0.573. The number of ether oxygens (including phenoxy) is 1. The van der Waals surface area contributed by atoms with Crippen molar-refractivity contribution < 1.29 is 42.2 Å². The minimum Gasteiger partial charge on any atom is -0.457 e. The van der Waals surface area contributed by atoms with E-state index in [0.29, 0.717) is 5.76 Å². The molecule has 0 aliphatic rings. The molecule has 1 aromatic carbocycles. The van der Waals surface area contributed by atoms with Crippen molar-refractivity contribution >= 4 is 5.97 Å². The van der Waals surface area contributed by atoms with Crippen molar-refractivity contribution in [1.82, 2.24) is 0 Å². The van der Waals surface area contributed by atoms with Crippen molar-refractivity contribution in [3.63, 3.8) is 0 Å². The summed E-state index contributed by atoms with van der Waals surface area (Å²) in [6.07, 6.45) is 1.34. The number of carbonyl (C=O) groups is 1. The summed E-state index contributed by atoms with van der Waals surface area (Å²) in [6, 6.07) is 12.5. The van der Waals surface area contributed by atoms with E-state index in [1.54, 1.807) is 13.8 Å². The second-order valence-corrected chi connectivity index (χ2v) is 2.49. The van der Waals surface area contributed by atoms with Gasteiger partial charge in [-0.3, -0.25) is 11.2 Å². The average Bonchev–Trinajstić information content (AvgIpc) is 2.55. The summed E-state index contributed by atoms with van der Waals surface area (Å²) in [5, 5.41) is 0. The smallest absolute Gasteiger partial charge is 0.174 e. The van der Waals surface area contributed by atoms with Gasteiger partial charge in [0.25, 0.3) is 0 Å². The van der Waals surface area contributed by atoms with Crippen LogP contribution in [0, 0.1) is 12.5 Å². The van der Waals surface area contributed by atoms with Gasteiger partial charge < -0.3 is 4.74 Å². The number of carbonyl (C=O) groups excluding carboxylic acids is 1. The van der Waals surface area contributed by atoms with Gasteiger partial charge in [-0.15, -0.1) is 0 Å². The first-order chi connectivity index (χ1) is 9.66. The molecule has 0 saturated heterocycles. The van der Waals surface area contributed by atoms with Gasteiger partial charge in [-0.1, -0.05) is 48.1 Å². The zero-order valence-corrected chi connectivity index (χ0v) is 17.9. The summed E-state index contributed by atoms with van der Waals surface area (Å²) < 4.78 is 4.51. The molecule has 0 fully saturated rings. The standard InChI is InChI=1S/C6H9O2.C6H5.3C2H6.Y/c1-4-6(7)8-5(2)3;1-2-4-6-5-3-1;3*1-2;/h4H,2H2,1,3H3;1-5H;3*1-2H3;/q2*-1;;;;. The zero-order valence-electron chi connectivity index (χ0n) is 15.1. The molecule has 0 N–H and O–H groups in total. The summed E-state index contributed by atoms with van der Waals surface area (Å²) in [5.41, 5.74) is 0. The molecule has 1 rings (SSSR count). The van der Waals surface area contributed by atoms with E-state index in [9.17, 15) is 4.79 Å². The van der Waals surface area contributed by atoms with Gasteiger partial charge in [-0.25, -0.2) is 0 Å². The summed E-state index contributed by atoms with van der Waals surface area (Å²) in [5.74, 6) is 0.0746. The van der Waals surface area contributed by atoms with E-state index in [-0.39, 0.29) is 38.7 Å². The van der Waals surface area contributed by atoms with Crippen molar-refractivity contribution in [3.8, 4) is 0 Å². The van der Waals surface area contributed by atoms with Crippen LogP contribution in [-0.4, -0.2) is 5.97 Å². The Kier molecular flexibility index (Phi) is 56.4. The van der Waals surface area contributed by atoms with E-state index >= 15 is 0 Å². The number of hydrogen-bond donors (Lipinski definition) is 0. The summed E-state index contributed by atoms with van der Waals surface area (Å²) >= 11 is 0. The van der Waals surface area contributed by atoms with Crippen molar-refractivity contribution in [1.29, 1.82) is 0 Å². The topological polar surface area (TPSA) is 26.3 Å². The average molecular weight is 369 g/mol. The number of rotatable bonds is 2. The van der Waals surface area contributed by atoms with Crippen LogP contribution in [0.1, 0.15) is 55.4 Å². The third-order valence-electron chi connectivity index (χ3n) is 1.12. The monoisotopic (exact) mass is 369 g/mol. The van der Waals surface area contributed by atoms with Crippen LogP contribution in [0.3, 0.4) is 0 Å². The Morgan fingerprint density at radius 2 is 1.38 bits per heavy atom. The van der Waals surface area contributed by atoms with E-state index < -0.39 is 0 Å². The Morgan fingerprint density at radius 3 is 1.48 bits per heavy atom. The fraction of sp³-hybridized carbons (Fsp3) is 0.444. The number of benzene rings is 1. The van der Waals surface area contributed by atoms with Crippen LogP contribution >= 0.6 is 0 Å². The number of allylic oxidation sites excluding steroid dienone is 1. The molecular formula is C18H32O2Y-2. The molecule has 2 nitrogen and oxygen atoms in total. The maximum atomic E-state index is 10.3. The van der Waals surface area contributed by atoms with Crippen LogP contribution in [0.4, 0.5) is 0 Å². The van der Waals surface area contributed by atoms with Gasteiger partial charge >= 0.3 is 0 Å². The summed E-state index contributed by atoms with van der Waals surface area (Å²) in [4.78, 5) is 10.3. The molecule has 0 bridgehead atoms. The second kappa shape index (κ2) is 36.6. The molecule has 21 heavy (non-hydrogen) atoms. The fourth-order valence-corrected chi connectivity index (χ4v) is 0.573. The predicted molar refractivity (Wildman–Crippen MR) is 90.2 cm³/mol. The number of hydrogen-bond acceptors (Lipinski definition) is 2. The Labute approximate surface area is 158 Å². The Bertz CT molecular complexity index is 245. The molecular weight excluding hydrogens is 337 g/mol. The third kappa shape index (κ3) is 45.2. The molecule has 0 unspecified atom stereocenters. The predicted octanol–water partition coefficient (Wildman–Crippen LogP) is 5.85. The first-order valence-corrected chi connectivity index (χ1v) is 7.24. The zero-order chi connectivity index (χ0) is 16.8. The third-order valence-corrected chi connectivity index (χ3v) is 1.12. The van der Waals surface area contributed by atoms with Crippen molar-refractivity contribution in [3.05, 3.63) is 55.2 Å². The van der Waals surface area contributed by atoms with Crippen LogP contribution in [0.5, 0.6) is 0 Å². The molecule has 0 aliphatic heterocycles. The van der Waals surface area contributed by atoms with E-state index in [2.05, 4.69) is 17.4 Å². The van der Waals surface area contributed by atoms with Gasteiger partial charge in [0.05, 0.1) is 5.76 Å². The van der Waals surface area contributed by atoms with Crippen molar-refractivity contribution in [2.75, 3.05) is 0 Å². The number of esters is 1. The maximum absolute atomic E-state index is 10.3. The minimum absolute atomic E-state index is 0. The molecule has 0 spiro atoms. The van der Waals surface area contributed by atoms with Crippen LogP contribution < -0.4 is 0 Å². The van der Waals surface area contributed by atoms with Gasteiger partial charge in [0.1, 0.15) is 0 Å². The van der Waals surface area contributed by atoms with Crippen molar-refractivity contribution in [2.45, 2.75) is 55.4 Å². The Hall–Kier alpha value is -0.596. The maximum Gasteiger partial charge on any atom is 0.174 e. The normalized spacial score (nSPS) is 6.10.